The van der Waals surface area contributed by atoms with E-state index >= 15 is 0 Å². The van der Waals surface area contributed by atoms with Crippen LogP contribution < -0.4 is 0 Å². The van der Waals surface area contributed by atoms with Gasteiger partial charge in [0.15, 0.2) is 0 Å². The molecule has 0 aromatic carbocycles. The van der Waals surface area contributed by atoms with Gasteiger partial charge >= 0.3 is 7.82 Å². The number of hydrogen-bond donors (Lipinski definition) is 4. The third kappa shape index (κ3) is 26.4. The van der Waals surface area contributed by atoms with E-state index in [2.05, 4.69) is 13.8 Å². The van der Waals surface area contributed by atoms with Crippen molar-refractivity contribution >= 4 is 7.82 Å². The Morgan fingerprint density at radius 3 is 0.952 bits per heavy atom. The monoisotopic (exact) mass is 621 g/mol. The molecule has 0 saturated heterocycles. The van der Waals surface area contributed by atoms with Crippen molar-refractivity contribution in [2.45, 2.75) is 218 Å². The second-order valence-corrected chi connectivity index (χ2v) is 14.2. The van der Waals surface area contributed by atoms with Crippen LogP contribution in [0.1, 0.15) is 206 Å². The minimum atomic E-state index is -4.80. The Kier molecular flexibility index (Phi) is 29.7. The van der Waals surface area contributed by atoms with Gasteiger partial charge in [0.25, 0.3) is 0 Å². The fourth-order valence-electron chi connectivity index (χ4n) is 6.25. The van der Waals surface area contributed by atoms with Gasteiger partial charge in [-0.3, -0.25) is 4.52 Å². The van der Waals surface area contributed by atoms with Crippen LogP contribution >= 0.6 is 7.82 Å². The van der Waals surface area contributed by atoms with Gasteiger partial charge < -0.3 is 20.0 Å². The quantitative estimate of drug-likeness (QED) is 0.0421. The van der Waals surface area contributed by atoms with Gasteiger partial charge in [-0.05, 0) is 12.8 Å². The number of hydrogen-bond acceptors (Lipinski definition) is 4. The Morgan fingerprint density at radius 1 is 0.500 bits per heavy atom. The molecule has 42 heavy (non-hydrogen) atoms. The molecular formula is C35H73O6P. The molecule has 0 radical (unpaired) electrons. The maximum atomic E-state index is 11.8. The van der Waals surface area contributed by atoms with Crippen molar-refractivity contribution in [3.05, 3.63) is 0 Å². The van der Waals surface area contributed by atoms with Crippen molar-refractivity contribution in [3.8, 4) is 0 Å². The molecule has 0 aromatic heterocycles. The Bertz CT molecular complexity index is 564. The number of aliphatic hydroxyl groups is 2. The summed E-state index contributed by atoms with van der Waals surface area (Å²) in [5.74, 6) is 0. The van der Waals surface area contributed by atoms with E-state index < -0.39 is 26.1 Å². The lowest BCUT2D eigenvalue weighted by Crippen LogP contribution is -2.46. The van der Waals surface area contributed by atoms with E-state index in [0.717, 1.165) is 38.5 Å². The predicted octanol–water partition coefficient (Wildman–Crippen LogP) is 10.9. The number of unbranched alkanes of at least 4 members (excludes halogenated alkanes) is 26. The zero-order chi connectivity index (χ0) is 31.2. The van der Waals surface area contributed by atoms with Crippen LogP contribution in [0.3, 0.4) is 0 Å². The van der Waals surface area contributed by atoms with Crippen LogP contribution in [0.5, 0.6) is 0 Å². The zero-order valence-electron chi connectivity index (χ0n) is 28.1. The highest BCUT2D eigenvalue weighted by Crippen LogP contribution is 2.46. The van der Waals surface area contributed by atoms with Gasteiger partial charge in [0.05, 0.1) is 6.61 Å². The van der Waals surface area contributed by atoms with Crippen molar-refractivity contribution in [3.63, 3.8) is 0 Å². The maximum absolute atomic E-state index is 11.8. The van der Waals surface area contributed by atoms with Gasteiger partial charge in [-0.2, -0.15) is 0 Å². The second-order valence-electron chi connectivity index (χ2n) is 13.0. The highest BCUT2D eigenvalue weighted by atomic mass is 31.2. The number of phosphoric acid groups is 1. The fourth-order valence-corrected chi connectivity index (χ4v) is 7.03. The molecule has 0 fully saturated rings. The summed E-state index contributed by atoms with van der Waals surface area (Å²) in [6.45, 7) is 3.95. The van der Waals surface area contributed by atoms with Crippen LogP contribution in [-0.4, -0.2) is 38.3 Å². The first kappa shape index (κ1) is 42.0. The minimum Gasteiger partial charge on any atom is -0.394 e. The molecule has 1 unspecified atom stereocenters. The summed E-state index contributed by atoms with van der Waals surface area (Å²) in [6.07, 6.45) is 33.9. The van der Waals surface area contributed by atoms with Crippen LogP contribution in [0, 0.1) is 0 Å². The highest BCUT2D eigenvalue weighted by molar-refractivity contribution is 7.46. The molecule has 0 aliphatic heterocycles. The molecule has 0 heterocycles. The molecule has 6 nitrogen and oxygen atoms in total. The lowest BCUT2D eigenvalue weighted by atomic mass is 9.85. The minimum absolute atomic E-state index is 0.357. The van der Waals surface area contributed by atoms with Gasteiger partial charge in [-0.15, -0.1) is 0 Å². The maximum Gasteiger partial charge on any atom is 0.470 e. The molecule has 0 bridgehead atoms. The molecule has 0 saturated carbocycles. The molecule has 0 aliphatic rings. The van der Waals surface area contributed by atoms with Crippen LogP contribution in [0.4, 0.5) is 0 Å². The number of rotatable bonds is 34. The van der Waals surface area contributed by atoms with E-state index in [-0.39, 0.29) is 0 Å². The Morgan fingerprint density at radius 2 is 0.738 bits per heavy atom. The molecule has 0 amide bonds. The summed E-state index contributed by atoms with van der Waals surface area (Å²) in [6, 6.07) is 0. The third-order valence-corrected chi connectivity index (χ3v) is 9.59. The van der Waals surface area contributed by atoms with E-state index in [1.165, 1.54) is 141 Å². The molecule has 7 heteroatoms. The normalized spacial score (nSPS) is 13.2. The van der Waals surface area contributed by atoms with Crippen molar-refractivity contribution in [1.29, 1.82) is 0 Å². The van der Waals surface area contributed by atoms with E-state index in [1.54, 1.807) is 0 Å². The average molecular weight is 621 g/mol. The summed E-state index contributed by atoms with van der Waals surface area (Å²) in [5, 5.41) is 20.3. The van der Waals surface area contributed by atoms with Gasteiger partial charge in [-0.1, -0.05) is 194 Å². The molecule has 1 atom stereocenters. The predicted molar refractivity (Wildman–Crippen MR) is 179 cm³/mol. The zero-order valence-corrected chi connectivity index (χ0v) is 28.9. The first-order chi connectivity index (χ1) is 20.3. The van der Waals surface area contributed by atoms with Crippen LogP contribution in [0.15, 0.2) is 0 Å². The summed E-state index contributed by atoms with van der Waals surface area (Å²) < 4.78 is 17.1. The molecule has 0 aromatic rings. The van der Waals surface area contributed by atoms with E-state index in [0.29, 0.717) is 12.8 Å². The smallest absolute Gasteiger partial charge is 0.394 e. The van der Waals surface area contributed by atoms with Gasteiger partial charge in [0.2, 0.25) is 0 Å². The molecule has 4 N–H and O–H groups in total. The van der Waals surface area contributed by atoms with Gasteiger partial charge in [0, 0.05) is 0 Å². The summed E-state index contributed by atoms with van der Waals surface area (Å²) in [4.78, 5) is 19.2. The lowest BCUT2D eigenvalue weighted by molar-refractivity contribution is -0.0999. The number of aliphatic hydroxyl groups excluding tert-OH is 2. The SMILES string of the molecule is CCCCCCCCCCCCCCCCC(CCCCCCCCCCCCCCCC)(OP(=O)(O)O)C(O)CO. The highest BCUT2D eigenvalue weighted by Gasteiger charge is 2.43. The van der Waals surface area contributed by atoms with Gasteiger partial charge in [0.1, 0.15) is 11.7 Å². The molecule has 254 valence electrons. The van der Waals surface area contributed by atoms with Crippen molar-refractivity contribution in [2.75, 3.05) is 6.61 Å². The Hall–Kier alpha value is 0.0300. The Balaban J connectivity index is 4.18. The molecule has 0 spiro atoms. The van der Waals surface area contributed by atoms with Crippen molar-refractivity contribution < 1.29 is 29.1 Å². The average Bonchev–Trinajstić information content (AvgIpc) is 2.96. The molecular weight excluding hydrogens is 547 g/mol. The largest absolute Gasteiger partial charge is 0.470 e. The summed E-state index contributed by atoms with van der Waals surface area (Å²) >= 11 is 0. The topological polar surface area (TPSA) is 107 Å². The van der Waals surface area contributed by atoms with Crippen LogP contribution in [0.2, 0.25) is 0 Å². The Labute approximate surface area is 261 Å². The van der Waals surface area contributed by atoms with Gasteiger partial charge in [-0.25, -0.2) is 4.57 Å². The first-order valence-electron chi connectivity index (χ1n) is 18.4. The van der Waals surface area contributed by atoms with Crippen molar-refractivity contribution in [2.24, 2.45) is 0 Å². The number of phosphoric ester groups is 1. The van der Waals surface area contributed by atoms with Crippen molar-refractivity contribution in [1.82, 2.24) is 0 Å². The lowest BCUT2D eigenvalue weighted by Gasteiger charge is -2.37. The summed E-state index contributed by atoms with van der Waals surface area (Å²) in [5.41, 5.74) is -1.39. The second kappa shape index (κ2) is 29.7. The third-order valence-electron chi connectivity index (χ3n) is 8.99. The van der Waals surface area contributed by atoms with Crippen LogP contribution in [-0.2, 0) is 9.09 Å². The van der Waals surface area contributed by atoms with Crippen LogP contribution in [0.25, 0.3) is 0 Å². The standard InChI is InChI=1S/C35H73O6P/c1-3-5-7-9-11-13-15-17-19-21-23-25-27-29-31-35(34(37)33-36,41-42(38,39)40)32-30-28-26-24-22-20-18-16-14-12-10-8-6-4-2/h34,36-37H,3-33H2,1-2H3,(H2,38,39,40). The van der Waals surface area contributed by atoms with E-state index in [4.69, 9.17) is 4.52 Å². The summed E-state index contributed by atoms with van der Waals surface area (Å²) in [7, 11) is -4.80. The molecule has 0 aliphatic carbocycles. The van der Waals surface area contributed by atoms with E-state index in [9.17, 15) is 24.6 Å². The van der Waals surface area contributed by atoms with E-state index in [1.807, 2.05) is 0 Å². The first-order valence-corrected chi connectivity index (χ1v) is 19.9. The fraction of sp³-hybridized carbons (Fsp3) is 1.00. The molecule has 0 rings (SSSR count).